The molecule has 1 aromatic carbocycles. The molecule has 80 valence electrons. The lowest BCUT2D eigenvalue weighted by Crippen LogP contribution is -2.24. The van der Waals surface area contributed by atoms with Gasteiger partial charge in [0.1, 0.15) is 5.78 Å². The van der Waals surface area contributed by atoms with Crippen molar-refractivity contribution < 1.29 is 4.79 Å². The number of hydrogen-bond acceptors (Lipinski definition) is 2. The van der Waals surface area contributed by atoms with E-state index in [1.54, 1.807) is 11.8 Å². The van der Waals surface area contributed by atoms with Crippen LogP contribution in [0.4, 0.5) is 0 Å². The number of benzene rings is 1. The molecule has 0 aliphatic heterocycles. The summed E-state index contributed by atoms with van der Waals surface area (Å²) in [5, 5.41) is 0. The highest BCUT2D eigenvalue weighted by molar-refractivity contribution is 8.01. The van der Waals surface area contributed by atoms with Crippen LogP contribution in [-0.4, -0.2) is 10.5 Å². The largest absolute Gasteiger partial charge is 0.298 e. The van der Waals surface area contributed by atoms with Crippen molar-refractivity contribution in [1.82, 2.24) is 0 Å². The van der Waals surface area contributed by atoms with Crippen LogP contribution in [0.1, 0.15) is 31.7 Å². The molecule has 1 atom stereocenters. The first-order chi connectivity index (χ1) is 7.10. The number of carbonyl (C=O) groups is 1. The molecule has 1 nitrogen and oxygen atoms in total. The molecule has 0 aromatic heterocycles. The molecule has 1 aliphatic rings. The fourth-order valence-electron chi connectivity index (χ4n) is 1.96. The van der Waals surface area contributed by atoms with Gasteiger partial charge < -0.3 is 0 Å². The summed E-state index contributed by atoms with van der Waals surface area (Å²) in [6.07, 6.45) is 2.83. The molecule has 2 heteroatoms. The van der Waals surface area contributed by atoms with Crippen molar-refractivity contribution >= 4 is 17.5 Å². The van der Waals surface area contributed by atoms with E-state index in [9.17, 15) is 4.79 Å². The van der Waals surface area contributed by atoms with Crippen LogP contribution in [0, 0.1) is 6.92 Å². The van der Waals surface area contributed by atoms with Crippen LogP contribution in [0.15, 0.2) is 29.2 Å². The van der Waals surface area contributed by atoms with Crippen molar-refractivity contribution in [3.63, 3.8) is 0 Å². The summed E-state index contributed by atoms with van der Waals surface area (Å²) in [5.74, 6) is 0.410. The highest BCUT2D eigenvalue weighted by atomic mass is 32.2. The van der Waals surface area contributed by atoms with E-state index in [0.717, 1.165) is 19.3 Å². The smallest absolute Gasteiger partial charge is 0.148 e. The van der Waals surface area contributed by atoms with Gasteiger partial charge in [0, 0.05) is 11.3 Å². The lowest BCUT2D eigenvalue weighted by atomic mass is 10.1. The maximum atomic E-state index is 11.7. The van der Waals surface area contributed by atoms with Crippen molar-refractivity contribution in [3.8, 4) is 0 Å². The lowest BCUT2D eigenvalue weighted by Gasteiger charge is -2.20. The Morgan fingerprint density at radius 3 is 2.47 bits per heavy atom. The molecular weight excluding hydrogens is 204 g/mol. The van der Waals surface area contributed by atoms with E-state index in [1.165, 1.54) is 10.5 Å². The monoisotopic (exact) mass is 220 g/mol. The van der Waals surface area contributed by atoms with Crippen LogP contribution in [0.5, 0.6) is 0 Å². The van der Waals surface area contributed by atoms with Gasteiger partial charge >= 0.3 is 0 Å². The number of ketones is 1. The Labute approximate surface area is 95.3 Å². The van der Waals surface area contributed by atoms with Gasteiger partial charge in [-0.25, -0.2) is 0 Å². The Balaban J connectivity index is 2.14. The summed E-state index contributed by atoms with van der Waals surface area (Å²) in [6, 6.07) is 8.42. The van der Waals surface area contributed by atoms with E-state index in [2.05, 4.69) is 38.1 Å². The number of hydrogen-bond donors (Lipinski definition) is 0. The van der Waals surface area contributed by atoms with Gasteiger partial charge in [-0.1, -0.05) is 17.7 Å². The maximum absolute atomic E-state index is 11.7. The summed E-state index contributed by atoms with van der Waals surface area (Å²) in [6.45, 7) is 4.16. The molecule has 2 rings (SSSR count). The summed E-state index contributed by atoms with van der Waals surface area (Å²) in [7, 11) is 0. The zero-order chi connectivity index (χ0) is 10.9. The predicted molar refractivity (Wildman–Crippen MR) is 64.3 cm³/mol. The van der Waals surface area contributed by atoms with Crippen LogP contribution in [0.3, 0.4) is 0 Å². The molecule has 0 bridgehead atoms. The highest BCUT2D eigenvalue weighted by Gasteiger charge is 2.38. The van der Waals surface area contributed by atoms with Gasteiger partial charge in [-0.3, -0.25) is 4.79 Å². The molecule has 1 saturated carbocycles. The summed E-state index contributed by atoms with van der Waals surface area (Å²) in [4.78, 5) is 13.0. The molecule has 1 fully saturated rings. The average Bonchev–Trinajstić information content (AvgIpc) is 2.51. The van der Waals surface area contributed by atoms with Crippen molar-refractivity contribution in [1.29, 1.82) is 0 Å². The van der Waals surface area contributed by atoms with E-state index >= 15 is 0 Å². The Morgan fingerprint density at radius 1 is 1.27 bits per heavy atom. The number of aryl methyl sites for hydroxylation is 1. The predicted octanol–water partition coefficient (Wildman–Crippen LogP) is 3.60. The molecule has 1 unspecified atom stereocenters. The molecule has 0 N–H and O–H groups in total. The summed E-state index contributed by atoms with van der Waals surface area (Å²) >= 11 is 1.72. The average molecular weight is 220 g/mol. The second-order valence-electron chi connectivity index (χ2n) is 4.42. The SMILES string of the molecule is Cc1ccc(SC2(C)CCCC2=O)cc1. The third-order valence-electron chi connectivity index (χ3n) is 3.01. The van der Waals surface area contributed by atoms with Gasteiger partial charge in [-0.15, -0.1) is 11.8 Å². The number of rotatable bonds is 2. The molecule has 1 aromatic rings. The minimum atomic E-state index is -0.171. The van der Waals surface area contributed by atoms with Crippen molar-refractivity contribution in [3.05, 3.63) is 29.8 Å². The van der Waals surface area contributed by atoms with Crippen LogP contribution in [-0.2, 0) is 4.79 Å². The normalized spacial score (nSPS) is 25.9. The summed E-state index contributed by atoms with van der Waals surface area (Å²) in [5.41, 5.74) is 1.27. The van der Waals surface area contributed by atoms with Crippen LogP contribution in [0.25, 0.3) is 0 Å². The fraction of sp³-hybridized carbons (Fsp3) is 0.462. The van der Waals surface area contributed by atoms with Crippen LogP contribution in [0.2, 0.25) is 0 Å². The molecule has 15 heavy (non-hydrogen) atoms. The minimum Gasteiger partial charge on any atom is -0.298 e. The minimum absolute atomic E-state index is 0.171. The molecule has 0 radical (unpaired) electrons. The second-order valence-corrected chi connectivity index (χ2v) is 6.00. The zero-order valence-corrected chi connectivity index (χ0v) is 10.1. The van der Waals surface area contributed by atoms with Crippen molar-refractivity contribution in [2.75, 3.05) is 0 Å². The van der Waals surface area contributed by atoms with E-state index < -0.39 is 0 Å². The van der Waals surface area contributed by atoms with Crippen LogP contribution < -0.4 is 0 Å². The highest BCUT2D eigenvalue weighted by Crippen LogP contribution is 2.42. The van der Waals surface area contributed by atoms with E-state index in [1.807, 2.05) is 0 Å². The number of thioether (sulfide) groups is 1. The third-order valence-corrected chi connectivity index (χ3v) is 4.40. The van der Waals surface area contributed by atoms with Gasteiger partial charge in [0.05, 0.1) is 4.75 Å². The molecule has 1 aliphatic carbocycles. The van der Waals surface area contributed by atoms with Gasteiger partial charge in [0.25, 0.3) is 0 Å². The molecule has 0 saturated heterocycles. The topological polar surface area (TPSA) is 17.1 Å². The molecule has 0 spiro atoms. The van der Waals surface area contributed by atoms with Gasteiger partial charge in [-0.2, -0.15) is 0 Å². The number of Topliss-reactive ketones (excluding diaryl/α,β-unsaturated/α-hetero) is 1. The van der Waals surface area contributed by atoms with Crippen molar-refractivity contribution in [2.45, 2.75) is 42.8 Å². The quantitative estimate of drug-likeness (QED) is 0.757. The van der Waals surface area contributed by atoms with E-state index in [-0.39, 0.29) is 4.75 Å². The fourth-order valence-corrected chi connectivity index (χ4v) is 3.22. The standard InChI is InChI=1S/C13H16OS/c1-10-5-7-11(8-6-10)15-13(2)9-3-4-12(13)14/h5-8H,3-4,9H2,1-2H3. The van der Waals surface area contributed by atoms with Gasteiger partial charge in [0.15, 0.2) is 0 Å². The Kier molecular flexibility index (Phi) is 2.87. The van der Waals surface area contributed by atoms with E-state index in [0.29, 0.717) is 5.78 Å². The van der Waals surface area contributed by atoms with E-state index in [4.69, 9.17) is 0 Å². The lowest BCUT2D eigenvalue weighted by molar-refractivity contribution is -0.119. The molecule has 0 amide bonds. The van der Waals surface area contributed by atoms with Gasteiger partial charge in [-0.05, 0) is 38.8 Å². The first-order valence-corrected chi connectivity index (χ1v) is 6.21. The maximum Gasteiger partial charge on any atom is 0.148 e. The molecule has 0 heterocycles. The Bertz CT molecular complexity index is 369. The number of carbonyl (C=O) groups excluding carboxylic acids is 1. The summed E-state index contributed by atoms with van der Waals surface area (Å²) < 4.78 is -0.171. The third kappa shape index (κ3) is 2.25. The van der Waals surface area contributed by atoms with Crippen molar-refractivity contribution in [2.24, 2.45) is 0 Å². The first kappa shape index (κ1) is 10.7. The van der Waals surface area contributed by atoms with Crippen LogP contribution >= 0.6 is 11.8 Å². The molecular formula is C13H16OS. The first-order valence-electron chi connectivity index (χ1n) is 5.39. The second kappa shape index (κ2) is 4.01. The Hall–Kier alpha value is -0.760. The zero-order valence-electron chi connectivity index (χ0n) is 9.25. The van der Waals surface area contributed by atoms with Gasteiger partial charge in [0.2, 0.25) is 0 Å². The Morgan fingerprint density at radius 2 is 1.93 bits per heavy atom.